The van der Waals surface area contributed by atoms with Gasteiger partial charge in [0.05, 0.1) is 39.4 Å². The summed E-state index contributed by atoms with van der Waals surface area (Å²) >= 11 is 0. The highest BCUT2D eigenvalue weighted by atomic mass is 19.1. The summed E-state index contributed by atoms with van der Waals surface area (Å²) in [6, 6.07) is 22.6. The number of fused-ring (bicyclic) bond motifs is 2. The van der Waals surface area contributed by atoms with Crippen LogP contribution < -0.4 is 22.1 Å². The molecule has 0 saturated carbocycles. The van der Waals surface area contributed by atoms with E-state index >= 15 is 0 Å². The van der Waals surface area contributed by atoms with Crippen molar-refractivity contribution in [2.24, 2.45) is 5.84 Å². The van der Waals surface area contributed by atoms with E-state index < -0.39 is 42.8 Å². The van der Waals surface area contributed by atoms with Crippen molar-refractivity contribution in [2.45, 2.75) is 35.1 Å². The molecule has 0 atom stereocenters. The lowest BCUT2D eigenvalue weighted by Gasteiger charge is -2.06. The van der Waals surface area contributed by atoms with Crippen LogP contribution >= 0.6 is 0 Å². The molecule has 0 fully saturated rings. The van der Waals surface area contributed by atoms with E-state index in [4.69, 9.17) is 21.2 Å². The normalized spacial score (nSPS) is 10.0. The fraction of sp³-hybridized carbons (Fsp3) is 0.190. The Hall–Kier alpha value is -7.33. The number of nitrogens with one attached hydrogen (secondary N) is 3. The van der Waals surface area contributed by atoms with Crippen LogP contribution in [-0.4, -0.2) is 62.1 Å². The van der Waals surface area contributed by atoms with E-state index in [0.29, 0.717) is 16.7 Å². The molecule has 306 valence electrons. The Labute approximate surface area is 334 Å². The number of aryl methyl sites for hydroxylation is 4. The van der Waals surface area contributed by atoms with Crippen LogP contribution in [0.25, 0.3) is 21.9 Å². The Morgan fingerprint density at radius 3 is 1.31 bits per heavy atom. The third kappa shape index (κ3) is 11.6. The minimum Gasteiger partial charge on any atom is -0.478 e. The summed E-state index contributed by atoms with van der Waals surface area (Å²) in [5, 5.41) is 10.4. The molecule has 2 aromatic heterocycles. The number of halogens is 1. The molecule has 3 amide bonds. The van der Waals surface area contributed by atoms with E-state index in [2.05, 4.69) is 20.3 Å². The Balaban J connectivity index is 0.000000318. The zero-order chi connectivity index (χ0) is 43.1. The number of hydrazine groups is 2. The van der Waals surface area contributed by atoms with Gasteiger partial charge < -0.3 is 23.4 Å². The van der Waals surface area contributed by atoms with Gasteiger partial charge in [-0.3, -0.25) is 35.1 Å². The van der Waals surface area contributed by atoms with Crippen molar-refractivity contribution in [3.05, 3.63) is 141 Å². The van der Waals surface area contributed by atoms with Crippen molar-refractivity contribution in [1.82, 2.24) is 16.3 Å². The number of alkyl halides is 1. The zero-order valence-corrected chi connectivity index (χ0v) is 31.8. The number of carboxylic acids is 1. The summed E-state index contributed by atoms with van der Waals surface area (Å²) in [5.74, 6) is 1.89. The van der Waals surface area contributed by atoms with Crippen LogP contribution in [0.5, 0.6) is 0 Å². The average Bonchev–Trinajstić information content (AvgIpc) is 3.91. The molecule has 58 heavy (non-hydrogen) atoms. The Morgan fingerprint density at radius 2 is 0.948 bits per heavy atom. The summed E-state index contributed by atoms with van der Waals surface area (Å²) in [6.07, 6.45) is 0. The number of carboxylic acid groups (broad SMARTS) is 1. The van der Waals surface area contributed by atoms with Gasteiger partial charge in [-0.1, -0.05) is 31.7 Å². The SMILES string of the molecule is C.COC(=O)c1ccc(C(=O)NNC(=O)c2cc3c(C)ccc(C)c3o2)cc1.COC(=O)c1ccc(C(=O)O)cc1.Cc1ccc(C)c2oc(C(=O)NN)cc12.[2H]CF. The fourth-order valence-electron chi connectivity index (χ4n) is 5.07. The molecule has 4 aromatic carbocycles. The van der Waals surface area contributed by atoms with Crippen molar-refractivity contribution in [1.29, 1.82) is 0 Å². The fourth-order valence-corrected chi connectivity index (χ4v) is 5.07. The number of carbonyl (C=O) groups excluding carboxylic acids is 5. The molecule has 6 aromatic rings. The van der Waals surface area contributed by atoms with Crippen molar-refractivity contribution < 1.29 is 57.9 Å². The molecule has 0 aliphatic rings. The highest BCUT2D eigenvalue weighted by molar-refractivity contribution is 6.01. The lowest BCUT2D eigenvalue weighted by molar-refractivity contribution is 0.0591. The zero-order valence-electron chi connectivity index (χ0n) is 32.8. The summed E-state index contributed by atoms with van der Waals surface area (Å²) in [4.78, 5) is 68.4. The van der Waals surface area contributed by atoms with Crippen LogP contribution in [0.1, 0.15) is 93.6 Å². The van der Waals surface area contributed by atoms with E-state index in [0.717, 1.165) is 38.6 Å². The lowest BCUT2D eigenvalue weighted by atomic mass is 10.1. The minimum absolute atomic E-state index is 0. The predicted octanol–water partition coefficient (Wildman–Crippen LogP) is 6.96. The Bertz CT molecular complexity index is 2350. The van der Waals surface area contributed by atoms with E-state index in [1.165, 1.54) is 62.8 Å². The number of aromatic carboxylic acids is 1. The topological polar surface area (TPSA) is 230 Å². The van der Waals surface area contributed by atoms with Gasteiger partial charge in [0.1, 0.15) is 11.2 Å². The summed E-state index contributed by atoms with van der Waals surface area (Å²) in [6.45, 7) is 7.74. The van der Waals surface area contributed by atoms with E-state index in [-0.39, 0.29) is 30.1 Å². The molecule has 2 heterocycles. The van der Waals surface area contributed by atoms with Crippen molar-refractivity contribution in [3.8, 4) is 0 Å². The highest BCUT2D eigenvalue weighted by Gasteiger charge is 2.17. The van der Waals surface area contributed by atoms with E-state index in [1.807, 2.05) is 57.4 Å². The first-order chi connectivity index (χ1) is 27.6. The number of carbonyl (C=O) groups is 6. The lowest BCUT2D eigenvalue weighted by Crippen LogP contribution is -2.41. The largest absolute Gasteiger partial charge is 0.478 e. The number of nitrogen functional groups attached to an aromatic ring is 1. The number of furan rings is 2. The molecule has 0 radical (unpaired) electrons. The van der Waals surface area contributed by atoms with Crippen molar-refractivity contribution >= 4 is 57.6 Å². The van der Waals surface area contributed by atoms with Crippen LogP contribution in [-0.2, 0) is 9.47 Å². The van der Waals surface area contributed by atoms with Crippen molar-refractivity contribution in [2.75, 3.05) is 21.4 Å². The molecule has 16 heteroatoms. The number of hydrogen-bond donors (Lipinski definition) is 5. The molecule has 6 N–H and O–H groups in total. The molecule has 0 bridgehead atoms. The highest BCUT2D eigenvalue weighted by Crippen LogP contribution is 2.27. The van der Waals surface area contributed by atoms with Crippen molar-refractivity contribution in [3.63, 3.8) is 0 Å². The van der Waals surface area contributed by atoms with Gasteiger partial charge in [-0.25, -0.2) is 20.2 Å². The number of esters is 2. The molecule has 15 nitrogen and oxygen atoms in total. The van der Waals surface area contributed by atoms with Gasteiger partial charge >= 0.3 is 29.7 Å². The summed E-state index contributed by atoms with van der Waals surface area (Å²) in [5.41, 5.74) is 13.2. The maximum absolute atomic E-state index is 12.3. The molecule has 0 aliphatic heterocycles. The van der Waals surface area contributed by atoms with Gasteiger partial charge in [-0.15, -0.1) is 0 Å². The number of hydrogen-bond acceptors (Lipinski definition) is 11. The van der Waals surface area contributed by atoms with Gasteiger partial charge in [0.15, 0.2) is 11.5 Å². The quantitative estimate of drug-likeness (QED) is 0.0498. The van der Waals surface area contributed by atoms with Gasteiger partial charge in [0.2, 0.25) is 0 Å². The average molecular weight is 802 g/mol. The standard InChI is InChI=1S/C20H18N2O5.C11H12N2O2.C9H8O4.CH3F.CH4/c1-11-4-5-12(2)17-15(11)10-16(27-17)19(24)22-21-18(23)13-6-8-14(9-7-13)20(25)26-3;1-6-3-4-7(2)10-8(6)5-9(15-10)11(14)13-12;1-13-9(12)7-4-2-6(3-5-7)8(10)11;1-2;/h4-10H,1-3H3,(H,21,23)(H,22,24);3-5H,12H2,1-2H3,(H,13,14);2-5H,1H3,(H,10,11);1H3;1H4/i;;;1D;. The predicted molar refractivity (Wildman–Crippen MR) is 214 cm³/mol. The number of nitrogens with two attached hydrogens (primary N) is 1. The maximum Gasteiger partial charge on any atom is 0.337 e. The first-order valence-electron chi connectivity index (χ1n) is 17.4. The van der Waals surface area contributed by atoms with Crippen LogP contribution in [0, 0.1) is 27.7 Å². The number of benzene rings is 4. The molecular formula is C42H45FN4O11. The molecule has 0 saturated heterocycles. The summed E-state index contributed by atoms with van der Waals surface area (Å²) in [7, 11) is 1.55. The number of amides is 3. The maximum atomic E-state index is 12.3. The molecule has 0 spiro atoms. The smallest absolute Gasteiger partial charge is 0.337 e. The summed E-state index contributed by atoms with van der Waals surface area (Å²) < 4.78 is 35.6. The number of rotatable bonds is 6. The Kier molecular flexibility index (Phi) is 16.8. The van der Waals surface area contributed by atoms with Crippen LogP contribution in [0.2, 0.25) is 0 Å². The van der Waals surface area contributed by atoms with Gasteiger partial charge in [-0.05, 0) is 111 Å². The second kappa shape index (κ2) is 21.7. The third-order valence-electron chi connectivity index (χ3n) is 8.19. The minimum atomic E-state index is -1.02. The number of methoxy groups -OCH3 is 2. The van der Waals surface area contributed by atoms with Gasteiger partial charge in [0.25, 0.3) is 5.91 Å². The first kappa shape index (κ1) is 45.1. The Morgan fingerprint density at radius 1 is 0.603 bits per heavy atom. The van der Waals surface area contributed by atoms with E-state index in [1.54, 1.807) is 12.1 Å². The first-order valence-corrected chi connectivity index (χ1v) is 16.7. The second-order valence-electron chi connectivity index (χ2n) is 11.9. The van der Waals surface area contributed by atoms with Crippen LogP contribution in [0.15, 0.2) is 93.8 Å². The molecule has 0 aliphatic carbocycles. The molecule has 6 rings (SSSR count). The van der Waals surface area contributed by atoms with Crippen LogP contribution in [0.4, 0.5) is 4.39 Å². The van der Waals surface area contributed by atoms with E-state index in [9.17, 15) is 33.2 Å². The van der Waals surface area contributed by atoms with Gasteiger partial charge in [0, 0.05) is 16.3 Å². The second-order valence-corrected chi connectivity index (χ2v) is 11.9. The number of ether oxygens (including phenoxy) is 2. The monoisotopic (exact) mass is 801 g/mol. The molecule has 0 unspecified atom stereocenters. The molecular weight excluding hydrogens is 755 g/mol. The third-order valence-corrected chi connectivity index (χ3v) is 8.19. The van der Waals surface area contributed by atoms with Crippen LogP contribution in [0.3, 0.4) is 0 Å². The van der Waals surface area contributed by atoms with Gasteiger partial charge in [-0.2, -0.15) is 0 Å².